The van der Waals surface area contributed by atoms with Gasteiger partial charge in [0.2, 0.25) is 6.79 Å². The standard InChI is InChI=1S/C16H16FNO2/c1-11(18-9-12-2-5-14(17)6-3-12)13-4-7-15-16(8-13)20-10-19-15/h2-8,11,18H,9-10H2,1H3. The fraction of sp³-hybridized carbons (Fsp3) is 0.250. The van der Waals surface area contributed by atoms with Crippen LogP contribution in [0.1, 0.15) is 24.1 Å². The lowest BCUT2D eigenvalue weighted by Gasteiger charge is -2.14. The summed E-state index contributed by atoms with van der Waals surface area (Å²) in [6.07, 6.45) is 0. The van der Waals surface area contributed by atoms with Gasteiger partial charge < -0.3 is 14.8 Å². The molecule has 3 nitrogen and oxygen atoms in total. The maximum atomic E-state index is 12.8. The van der Waals surface area contributed by atoms with E-state index in [2.05, 4.69) is 12.2 Å². The van der Waals surface area contributed by atoms with Crippen LogP contribution in [0.15, 0.2) is 42.5 Å². The van der Waals surface area contributed by atoms with Crippen molar-refractivity contribution in [3.05, 3.63) is 59.4 Å². The summed E-state index contributed by atoms with van der Waals surface area (Å²) < 4.78 is 23.5. The van der Waals surface area contributed by atoms with Crippen LogP contribution in [0.2, 0.25) is 0 Å². The highest BCUT2D eigenvalue weighted by molar-refractivity contribution is 5.45. The molecule has 0 fully saturated rings. The van der Waals surface area contributed by atoms with Crippen molar-refractivity contribution in [3.8, 4) is 11.5 Å². The third-order valence-electron chi connectivity index (χ3n) is 3.42. The highest BCUT2D eigenvalue weighted by atomic mass is 19.1. The summed E-state index contributed by atoms with van der Waals surface area (Å²) in [7, 11) is 0. The van der Waals surface area contributed by atoms with Crippen molar-refractivity contribution < 1.29 is 13.9 Å². The molecule has 0 saturated heterocycles. The lowest BCUT2D eigenvalue weighted by atomic mass is 10.1. The summed E-state index contributed by atoms with van der Waals surface area (Å²) in [5.41, 5.74) is 2.19. The number of benzene rings is 2. The van der Waals surface area contributed by atoms with E-state index in [4.69, 9.17) is 9.47 Å². The van der Waals surface area contributed by atoms with Crippen LogP contribution in [0, 0.1) is 5.82 Å². The summed E-state index contributed by atoms with van der Waals surface area (Å²) in [5.74, 6) is 1.37. The van der Waals surface area contributed by atoms with Crippen molar-refractivity contribution in [1.82, 2.24) is 5.32 Å². The van der Waals surface area contributed by atoms with Gasteiger partial charge >= 0.3 is 0 Å². The second-order valence-electron chi connectivity index (χ2n) is 4.84. The predicted molar refractivity (Wildman–Crippen MR) is 74.2 cm³/mol. The Kier molecular flexibility index (Phi) is 3.56. The molecule has 1 atom stereocenters. The molecule has 104 valence electrons. The van der Waals surface area contributed by atoms with Crippen molar-refractivity contribution in [2.24, 2.45) is 0 Å². The summed E-state index contributed by atoms with van der Waals surface area (Å²) in [5, 5.41) is 3.41. The van der Waals surface area contributed by atoms with E-state index >= 15 is 0 Å². The smallest absolute Gasteiger partial charge is 0.231 e. The molecule has 0 spiro atoms. The Morgan fingerprint density at radius 3 is 2.65 bits per heavy atom. The molecule has 0 aromatic heterocycles. The first-order chi connectivity index (χ1) is 9.72. The summed E-state index contributed by atoms with van der Waals surface area (Å²) >= 11 is 0. The second-order valence-corrected chi connectivity index (χ2v) is 4.84. The Bertz CT molecular complexity index is 598. The van der Waals surface area contributed by atoms with E-state index in [1.807, 2.05) is 18.2 Å². The van der Waals surface area contributed by atoms with Gasteiger partial charge in [-0.1, -0.05) is 18.2 Å². The van der Waals surface area contributed by atoms with Crippen LogP contribution in [0.3, 0.4) is 0 Å². The van der Waals surface area contributed by atoms with E-state index in [0.717, 1.165) is 22.6 Å². The van der Waals surface area contributed by atoms with Crippen molar-refractivity contribution in [1.29, 1.82) is 0 Å². The number of rotatable bonds is 4. The van der Waals surface area contributed by atoms with Gasteiger partial charge in [0.15, 0.2) is 11.5 Å². The van der Waals surface area contributed by atoms with Crippen molar-refractivity contribution in [2.45, 2.75) is 19.5 Å². The summed E-state index contributed by atoms with van der Waals surface area (Å²) in [6.45, 7) is 3.06. The number of ether oxygens (including phenoxy) is 2. The van der Waals surface area contributed by atoms with Gasteiger partial charge in [-0.15, -0.1) is 0 Å². The van der Waals surface area contributed by atoms with Gasteiger partial charge in [0.25, 0.3) is 0 Å². The molecule has 1 aliphatic rings. The molecule has 3 rings (SSSR count). The molecule has 1 N–H and O–H groups in total. The molecule has 0 saturated carbocycles. The topological polar surface area (TPSA) is 30.5 Å². The fourth-order valence-electron chi connectivity index (χ4n) is 2.17. The van der Waals surface area contributed by atoms with E-state index in [9.17, 15) is 4.39 Å². The van der Waals surface area contributed by atoms with Gasteiger partial charge in [0.1, 0.15) is 5.82 Å². The molecule has 2 aromatic carbocycles. The number of fused-ring (bicyclic) bond motifs is 1. The Morgan fingerprint density at radius 2 is 1.85 bits per heavy atom. The molecular weight excluding hydrogens is 257 g/mol. The zero-order valence-electron chi connectivity index (χ0n) is 11.2. The Labute approximate surface area is 117 Å². The minimum atomic E-state index is -0.211. The lowest BCUT2D eigenvalue weighted by Crippen LogP contribution is -2.18. The van der Waals surface area contributed by atoms with Gasteiger partial charge in [-0.3, -0.25) is 0 Å². The van der Waals surface area contributed by atoms with E-state index in [1.54, 1.807) is 12.1 Å². The molecule has 2 aromatic rings. The minimum absolute atomic E-state index is 0.176. The van der Waals surface area contributed by atoms with E-state index in [-0.39, 0.29) is 18.7 Å². The fourth-order valence-corrected chi connectivity index (χ4v) is 2.17. The van der Waals surface area contributed by atoms with E-state index in [1.165, 1.54) is 12.1 Å². The Morgan fingerprint density at radius 1 is 1.10 bits per heavy atom. The van der Waals surface area contributed by atoms with Gasteiger partial charge in [-0.2, -0.15) is 0 Å². The minimum Gasteiger partial charge on any atom is -0.454 e. The monoisotopic (exact) mass is 273 g/mol. The van der Waals surface area contributed by atoms with Gasteiger partial charge in [0.05, 0.1) is 0 Å². The Balaban J connectivity index is 1.64. The highest BCUT2D eigenvalue weighted by Crippen LogP contribution is 2.34. The molecule has 1 unspecified atom stereocenters. The quantitative estimate of drug-likeness (QED) is 0.926. The first-order valence-corrected chi connectivity index (χ1v) is 6.60. The number of halogens is 1. The zero-order valence-corrected chi connectivity index (χ0v) is 11.2. The number of nitrogens with one attached hydrogen (secondary N) is 1. The van der Waals surface area contributed by atoms with E-state index in [0.29, 0.717) is 6.54 Å². The zero-order chi connectivity index (χ0) is 13.9. The molecule has 4 heteroatoms. The van der Waals surface area contributed by atoms with Gasteiger partial charge in [-0.25, -0.2) is 4.39 Å². The first kappa shape index (κ1) is 12.9. The summed E-state index contributed by atoms with van der Waals surface area (Å²) in [4.78, 5) is 0. The van der Waals surface area contributed by atoms with Crippen molar-refractivity contribution >= 4 is 0 Å². The molecule has 1 heterocycles. The van der Waals surface area contributed by atoms with Gasteiger partial charge in [0, 0.05) is 12.6 Å². The summed E-state index contributed by atoms with van der Waals surface area (Å²) in [6, 6.07) is 12.6. The van der Waals surface area contributed by atoms with Crippen LogP contribution in [-0.2, 0) is 6.54 Å². The third-order valence-corrected chi connectivity index (χ3v) is 3.42. The van der Waals surface area contributed by atoms with Crippen LogP contribution in [-0.4, -0.2) is 6.79 Å². The molecule has 0 radical (unpaired) electrons. The van der Waals surface area contributed by atoms with Crippen LogP contribution in [0.4, 0.5) is 4.39 Å². The first-order valence-electron chi connectivity index (χ1n) is 6.60. The third kappa shape index (κ3) is 2.75. The maximum Gasteiger partial charge on any atom is 0.231 e. The lowest BCUT2D eigenvalue weighted by molar-refractivity contribution is 0.174. The van der Waals surface area contributed by atoms with Crippen molar-refractivity contribution in [2.75, 3.05) is 6.79 Å². The SMILES string of the molecule is CC(NCc1ccc(F)cc1)c1ccc2c(c1)OCO2. The largest absolute Gasteiger partial charge is 0.454 e. The van der Waals surface area contributed by atoms with E-state index < -0.39 is 0 Å². The molecule has 0 amide bonds. The van der Waals surface area contributed by atoms with Crippen LogP contribution >= 0.6 is 0 Å². The van der Waals surface area contributed by atoms with Crippen LogP contribution < -0.4 is 14.8 Å². The van der Waals surface area contributed by atoms with Crippen molar-refractivity contribution in [3.63, 3.8) is 0 Å². The Hall–Kier alpha value is -2.07. The van der Waals surface area contributed by atoms with Crippen LogP contribution in [0.5, 0.6) is 11.5 Å². The predicted octanol–water partition coefficient (Wildman–Crippen LogP) is 3.41. The average Bonchev–Trinajstić information content (AvgIpc) is 2.93. The normalized spacial score (nSPS) is 14.3. The number of hydrogen-bond donors (Lipinski definition) is 1. The highest BCUT2D eigenvalue weighted by Gasteiger charge is 2.15. The second kappa shape index (κ2) is 5.51. The van der Waals surface area contributed by atoms with Crippen LogP contribution in [0.25, 0.3) is 0 Å². The number of hydrogen-bond acceptors (Lipinski definition) is 3. The molecule has 0 bridgehead atoms. The molecule has 0 aliphatic carbocycles. The molecule has 1 aliphatic heterocycles. The maximum absolute atomic E-state index is 12.8. The molecule has 20 heavy (non-hydrogen) atoms. The molecular formula is C16H16FNO2. The average molecular weight is 273 g/mol. The van der Waals surface area contributed by atoms with Gasteiger partial charge in [-0.05, 0) is 42.3 Å².